The van der Waals surface area contributed by atoms with Crippen LogP contribution >= 0.6 is 0 Å². The second kappa shape index (κ2) is 11.6. The standard InChI is InChI=1S/C22H35N9O6/c1-12(32)30-7-13(8-30)25-4-2-5-29(6-3-14(23)22(35)36)9-15-17(33)18(34)21(37-15)31-11-28-16-19(24)26-10-27-20(16)31/h10-11,13-15,17-18,21,25,33-34H,2-9,23H2,1H3,(H,35,36)(H2,24,26,27)/t14?,15-,17-,18-,21-/m1/s1. The Morgan fingerprint density at radius 3 is 2.70 bits per heavy atom. The number of aromatic nitrogens is 4. The fraction of sp³-hybridized carbons (Fsp3) is 0.682. The molecule has 37 heavy (non-hydrogen) atoms. The van der Waals surface area contributed by atoms with Gasteiger partial charge in [-0.05, 0) is 25.9 Å². The van der Waals surface area contributed by atoms with E-state index < -0.39 is 36.6 Å². The van der Waals surface area contributed by atoms with Gasteiger partial charge in [-0.25, -0.2) is 15.0 Å². The van der Waals surface area contributed by atoms with Crippen LogP contribution in [-0.4, -0.2) is 126 Å². The number of ether oxygens (including phenoxy) is 1. The van der Waals surface area contributed by atoms with Gasteiger partial charge in [-0.1, -0.05) is 0 Å². The summed E-state index contributed by atoms with van der Waals surface area (Å²) in [6, 6.07) is -0.750. The van der Waals surface area contributed by atoms with Gasteiger partial charge in [0.1, 0.15) is 36.2 Å². The molecule has 0 bridgehead atoms. The first-order valence-electron chi connectivity index (χ1n) is 12.3. The van der Waals surface area contributed by atoms with Crippen LogP contribution in [0.15, 0.2) is 12.7 Å². The summed E-state index contributed by atoms with van der Waals surface area (Å²) in [7, 11) is 0. The van der Waals surface area contributed by atoms with Crippen molar-refractivity contribution in [3.05, 3.63) is 12.7 Å². The Kier molecular flexibility index (Phi) is 8.51. The number of fused-ring (bicyclic) bond motifs is 1. The lowest BCUT2D eigenvalue weighted by molar-refractivity contribution is -0.138. The van der Waals surface area contributed by atoms with E-state index in [4.69, 9.17) is 21.3 Å². The van der Waals surface area contributed by atoms with Crippen molar-refractivity contribution in [3.8, 4) is 0 Å². The highest BCUT2D eigenvalue weighted by Gasteiger charge is 2.45. The zero-order valence-corrected chi connectivity index (χ0v) is 20.7. The molecule has 2 aliphatic heterocycles. The predicted molar refractivity (Wildman–Crippen MR) is 131 cm³/mol. The van der Waals surface area contributed by atoms with Crippen LogP contribution in [0.5, 0.6) is 0 Å². The first-order chi connectivity index (χ1) is 17.7. The Labute approximate surface area is 213 Å². The molecule has 0 aliphatic carbocycles. The van der Waals surface area contributed by atoms with Crippen LogP contribution < -0.4 is 16.8 Å². The van der Waals surface area contributed by atoms with Crippen molar-refractivity contribution in [2.75, 3.05) is 45.0 Å². The number of hydrogen-bond acceptors (Lipinski definition) is 12. The number of imidazole rings is 1. The maximum Gasteiger partial charge on any atom is 0.320 e. The highest BCUT2D eigenvalue weighted by atomic mass is 16.6. The maximum absolute atomic E-state index is 11.3. The van der Waals surface area contributed by atoms with Crippen molar-refractivity contribution in [3.63, 3.8) is 0 Å². The zero-order valence-electron chi connectivity index (χ0n) is 20.7. The molecule has 15 nitrogen and oxygen atoms in total. The van der Waals surface area contributed by atoms with Crippen LogP contribution in [0.2, 0.25) is 0 Å². The molecule has 0 spiro atoms. The smallest absolute Gasteiger partial charge is 0.320 e. The summed E-state index contributed by atoms with van der Waals surface area (Å²) >= 11 is 0. The van der Waals surface area contributed by atoms with Gasteiger partial charge in [-0.3, -0.25) is 14.2 Å². The lowest BCUT2D eigenvalue weighted by Gasteiger charge is -2.39. The monoisotopic (exact) mass is 521 g/mol. The number of nitrogens with one attached hydrogen (secondary N) is 1. The van der Waals surface area contributed by atoms with E-state index in [1.807, 2.05) is 4.90 Å². The average Bonchev–Trinajstić information content (AvgIpc) is 3.37. The summed E-state index contributed by atoms with van der Waals surface area (Å²) < 4.78 is 7.56. The number of nitrogens with two attached hydrogens (primary N) is 2. The minimum Gasteiger partial charge on any atom is -0.480 e. The molecule has 2 fully saturated rings. The van der Waals surface area contributed by atoms with E-state index in [1.54, 1.807) is 11.8 Å². The van der Waals surface area contributed by atoms with Gasteiger partial charge in [-0.2, -0.15) is 0 Å². The van der Waals surface area contributed by atoms with Crippen molar-refractivity contribution in [2.45, 2.75) is 56.4 Å². The number of aliphatic carboxylic acids is 1. The number of amides is 1. The summed E-state index contributed by atoms with van der Waals surface area (Å²) in [6.45, 7) is 4.86. The molecular weight excluding hydrogens is 486 g/mol. The highest BCUT2D eigenvalue weighted by Crippen LogP contribution is 2.32. The largest absolute Gasteiger partial charge is 0.480 e. The first-order valence-corrected chi connectivity index (χ1v) is 12.3. The molecule has 204 valence electrons. The van der Waals surface area contributed by atoms with Gasteiger partial charge in [0.15, 0.2) is 17.7 Å². The van der Waals surface area contributed by atoms with Crippen LogP contribution in [-0.2, 0) is 14.3 Å². The van der Waals surface area contributed by atoms with Crippen molar-refractivity contribution in [1.82, 2.24) is 34.6 Å². The molecule has 4 heterocycles. The second-order valence-electron chi connectivity index (χ2n) is 9.59. The number of nitrogens with zero attached hydrogens (tertiary/aromatic N) is 6. The molecule has 4 rings (SSSR count). The summed E-state index contributed by atoms with van der Waals surface area (Å²) in [5.74, 6) is -0.824. The molecule has 0 saturated carbocycles. The third kappa shape index (κ3) is 6.14. The lowest BCUT2D eigenvalue weighted by atomic mass is 10.1. The molecule has 1 amide bonds. The average molecular weight is 522 g/mol. The third-order valence-corrected chi connectivity index (χ3v) is 6.92. The number of carboxylic acid groups (broad SMARTS) is 1. The summed E-state index contributed by atoms with van der Waals surface area (Å²) in [5, 5.41) is 34.1. The Balaban J connectivity index is 1.36. The van der Waals surface area contributed by atoms with Gasteiger partial charge in [-0.15, -0.1) is 0 Å². The zero-order chi connectivity index (χ0) is 26.7. The van der Waals surface area contributed by atoms with Crippen LogP contribution in [0, 0.1) is 0 Å². The number of carbonyl (C=O) groups excluding carboxylic acids is 1. The van der Waals surface area contributed by atoms with Crippen LogP contribution in [0.4, 0.5) is 5.82 Å². The Hall–Kier alpha value is -2.95. The highest BCUT2D eigenvalue weighted by molar-refractivity contribution is 5.81. The molecule has 2 saturated heterocycles. The molecule has 5 atom stereocenters. The lowest BCUT2D eigenvalue weighted by Crippen LogP contribution is -2.59. The molecule has 8 N–H and O–H groups in total. The number of hydrogen-bond donors (Lipinski definition) is 6. The van der Waals surface area contributed by atoms with Crippen LogP contribution in [0.1, 0.15) is 26.0 Å². The van der Waals surface area contributed by atoms with E-state index in [0.717, 1.165) is 6.42 Å². The van der Waals surface area contributed by atoms with Gasteiger partial charge in [0.25, 0.3) is 0 Å². The number of likely N-dealkylation sites (tertiary alicyclic amines) is 1. The first kappa shape index (κ1) is 27.1. The number of anilines is 1. The van der Waals surface area contributed by atoms with Crippen molar-refractivity contribution < 1.29 is 29.6 Å². The fourth-order valence-corrected chi connectivity index (χ4v) is 4.63. The van der Waals surface area contributed by atoms with E-state index in [1.165, 1.54) is 17.2 Å². The number of aliphatic hydroxyl groups is 2. The van der Waals surface area contributed by atoms with E-state index in [9.17, 15) is 19.8 Å². The van der Waals surface area contributed by atoms with Crippen LogP contribution in [0.3, 0.4) is 0 Å². The van der Waals surface area contributed by atoms with Gasteiger partial charge < -0.3 is 46.6 Å². The topological polar surface area (TPSA) is 218 Å². The molecule has 2 aliphatic rings. The van der Waals surface area contributed by atoms with Crippen molar-refractivity contribution >= 4 is 28.9 Å². The Bertz CT molecular complexity index is 1090. The number of carbonyl (C=O) groups is 2. The predicted octanol–water partition coefficient (Wildman–Crippen LogP) is -2.66. The van der Waals surface area contributed by atoms with E-state index in [-0.39, 0.29) is 30.7 Å². The van der Waals surface area contributed by atoms with Crippen molar-refractivity contribution in [2.24, 2.45) is 5.73 Å². The molecule has 0 radical (unpaired) electrons. The Morgan fingerprint density at radius 1 is 1.24 bits per heavy atom. The normalized spacial score (nSPS) is 25.1. The number of nitrogen functional groups attached to an aromatic ring is 1. The molecule has 2 aromatic rings. The quantitative estimate of drug-likeness (QED) is 0.157. The minimum absolute atomic E-state index is 0.0641. The van der Waals surface area contributed by atoms with Gasteiger partial charge in [0.05, 0.1) is 6.33 Å². The van der Waals surface area contributed by atoms with Crippen molar-refractivity contribution in [1.29, 1.82) is 0 Å². The summed E-state index contributed by atoms with van der Waals surface area (Å²) in [6.07, 6.45) is -0.441. The Morgan fingerprint density at radius 2 is 2.00 bits per heavy atom. The molecule has 1 unspecified atom stereocenters. The minimum atomic E-state index is -1.24. The molecular formula is C22H35N9O6. The fourth-order valence-electron chi connectivity index (χ4n) is 4.63. The van der Waals surface area contributed by atoms with E-state index in [0.29, 0.717) is 43.9 Å². The molecule has 0 aromatic carbocycles. The van der Waals surface area contributed by atoms with Gasteiger partial charge >= 0.3 is 5.97 Å². The second-order valence-corrected chi connectivity index (χ2v) is 9.59. The van der Waals surface area contributed by atoms with Gasteiger partial charge in [0, 0.05) is 39.1 Å². The SMILES string of the molecule is CC(=O)N1CC(NCCCN(CCC(N)C(=O)O)C[C@H]2O[C@@H](n3cnc4c(N)ncnc43)[C@H](O)[C@@H]2O)C1. The summed E-state index contributed by atoms with van der Waals surface area (Å²) in [4.78, 5) is 38.5. The number of aliphatic hydroxyl groups excluding tert-OH is 2. The van der Waals surface area contributed by atoms with Gasteiger partial charge in [0.2, 0.25) is 5.91 Å². The van der Waals surface area contributed by atoms with E-state index in [2.05, 4.69) is 20.3 Å². The number of rotatable bonds is 12. The molecule has 15 heteroatoms. The maximum atomic E-state index is 11.3. The van der Waals surface area contributed by atoms with E-state index >= 15 is 0 Å². The molecule has 2 aromatic heterocycles. The van der Waals surface area contributed by atoms with Crippen LogP contribution in [0.25, 0.3) is 11.2 Å². The number of carboxylic acids is 1. The summed E-state index contributed by atoms with van der Waals surface area (Å²) in [5.41, 5.74) is 12.3. The third-order valence-electron chi connectivity index (χ3n) is 6.92.